The standard InChI is InChI=1S/C15H22N2OS/c1-12-10-17(9-8-16-12)15(18)13(2)19-11-14-6-4-3-5-7-14/h3-7,12-13,16H,8-11H2,1-2H3. The Labute approximate surface area is 119 Å². The molecule has 4 heteroatoms. The maximum Gasteiger partial charge on any atom is 0.235 e. The van der Waals surface area contributed by atoms with E-state index in [4.69, 9.17) is 0 Å². The van der Waals surface area contributed by atoms with Crippen molar-refractivity contribution in [2.24, 2.45) is 0 Å². The number of carbonyl (C=O) groups is 1. The maximum absolute atomic E-state index is 12.3. The first-order valence-corrected chi connectivity index (χ1v) is 7.89. The number of nitrogens with zero attached hydrogens (tertiary/aromatic N) is 1. The molecule has 2 rings (SSSR count). The Morgan fingerprint density at radius 2 is 2.21 bits per heavy atom. The van der Waals surface area contributed by atoms with Crippen LogP contribution in [0.15, 0.2) is 30.3 Å². The summed E-state index contributed by atoms with van der Waals surface area (Å²) in [6.07, 6.45) is 0. The monoisotopic (exact) mass is 278 g/mol. The predicted octanol–water partition coefficient (Wildman–Crippen LogP) is 2.13. The summed E-state index contributed by atoms with van der Waals surface area (Å²) in [5.41, 5.74) is 1.28. The smallest absolute Gasteiger partial charge is 0.235 e. The minimum Gasteiger partial charge on any atom is -0.339 e. The van der Waals surface area contributed by atoms with Gasteiger partial charge >= 0.3 is 0 Å². The molecule has 1 fully saturated rings. The second kappa shape index (κ2) is 6.96. The van der Waals surface area contributed by atoms with Gasteiger partial charge in [0.05, 0.1) is 5.25 Å². The van der Waals surface area contributed by atoms with Crippen LogP contribution in [-0.2, 0) is 10.5 Å². The van der Waals surface area contributed by atoms with Gasteiger partial charge in [0.15, 0.2) is 0 Å². The lowest BCUT2D eigenvalue weighted by molar-refractivity contribution is -0.131. The number of amides is 1. The highest BCUT2D eigenvalue weighted by Gasteiger charge is 2.24. The van der Waals surface area contributed by atoms with Gasteiger partial charge in [-0.1, -0.05) is 30.3 Å². The van der Waals surface area contributed by atoms with Crippen molar-refractivity contribution in [1.82, 2.24) is 10.2 Å². The highest BCUT2D eigenvalue weighted by molar-refractivity contribution is 7.99. The van der Waals surface area contributed by atoms with Crippen LogP contribution < -0.4 is 5.32 Å². The Bertz CT molecular complexity index is 410. The molecule has 0 aliphatic carbocycles. The minimum atomic E-state index is 0.0329. The van der Waals surface area contributed by atoms with Gasteiger partial charge in [0.2, 0.25) is 5.91 Å². The van der Waals surface area contributed by atoms with Crippen LogP contribution in [0, 0.1) is 0 Å². The first kappa shape index (κ1) is 14.4. The third-order valence-electron chi connectivity index (χ3n) is 3.37. The van der Waals surface area contributed by atoms with E-state index in [1.54, 1.807) is 11.8 Å². The summed E-state index contributed by atoms with van der Waals surface area (Å²) in [5, 5.41) is 3.40. The van der Waals surface area contributed by atoms with Crippen molar-refractivity contribution in [1.29, 1.82) is 0 Å². The molecule has 0 aromatic heterocycles. The Morgan fingerprint density at radius 1 is 1.47 bits per heavy atom. The van der Waals surface area contributed by atoms with Gasteiger partial charge in [-0.3, -0.25) is 4.79 Å². The van der Waals surface area contributed by atoms with E-state index >= 15 is 0 Å². The minimum absolute atomic E-state index is 0.0329. The fourth-order valence-corrected chi connectivity index (χ4v) is 3.18. The number of thioether (sulfide) groups is 1. The van der Waals surface area contributed by atoms with Gasteiger partial charge in [0.25, 0.3) is 0 Å². The quantitative estimate of drug-likeness (QED) is 0.916. The average molecular weight is 278 g/mol. The molecular formula is C15H22N2OS. The van der Waals surface area contributed by atoms with Gasteiger partial charge in [-0.05, 0) is 19.4 Å². The zero-order valence-electron chi connectivity index (χ0n) is 11.6. The first-order valence-electron chi connectivity index (χ1n) is 6.84. The van der Waals surface area contributed by atoms with Gasteiger partial charge in [-0.2, -0.15) is 0 Å². The molecule has 1 amide bonds. The highest BCUT2D eigenvalue weighted by Crippen LogP contribution is 2.19. The van der Waals surface area contributed by atoms with Crippen LogP contribution in [0.5, 0.6) is 0 Å². The third-order valence-corrected chi connectivity index (χ3v) is 4.57. The number of benzene rings is 1. The fraction of sp³-hybridized carbons (Fsp3) is 0.533. The lowest BCUT2D eigenvalue weighted by Gasteiger charge is -2.33. The van der Waals surface area contributed by atoms with Crippen LogP contribution in [0.1, 0.15) is 19.4 Å². The molecule has 2 unspecified atom stereocenters. The van der Waals surface area contributed by atoms with E-state index in [1.807, 2.05) is 30.0 Å². The normalized spacial score (nSPS) is 21.2. The van der Waals surface area contributed by atoms with Gasteiger partial charge in [0.1, 0.15) is 0 Å². The summed E-state index contributed by atoms with van der Waals surface area (Å²) in [7, 11) is 0. The molecule has 104 valence electrons. The molecule has 1 aliphatic heterocycles. The van der Waals surface area contributed by atoms with E-state index in [0.717, 1.165) is 25.4 Å². The maximum atomic E-state index is 12.3. The van der Waals surface area contributed by atoms with E-state index in [-0.39, 0.29) is 11.2 Å². The molecule has 0 radical (unpaired) electrons. The Morgan fingerprint density at radius 3 is 2.89 bits per heavy atom. The number of hydrogen-bond donors (Lipinski definition) is 1. The molecular weight excluding hydrogens is 256 g/mol. The van der Waals surface area contributed by atoms with Crippen LogP contribution in [0.25, 0.3) is 0 Å². The van der Waals surface area contributed by atoms with E-state index in [0.29, 0.717) is 6.04 Å². The molecule has 0 bridgehead atoms. The summed E-state index contributed by atoms with van der Waals surface area (Å²) in [4.78, 5) is 14.3. The summed E-state index contributed by atoms with van der Waals surface area (Å²) >= 11 is 1.72. The van der Waals surface area contributed by atoms with Crippen LogP contribution in [0.3, 0.4) is 0 Å². The summed E-state index contributed by atoms with van der Waals surface area (Å²) in [6.45, 7) is 6.71. The molecule has 1 saturated heterocycles. The van der Waals surface area contributed by atoms with E-state index in [9.17, 15) is 4.79 Å². The molecule has 1 aliphatic rings. The number of piperazine rings is 1. The zero-order valence-corrected chi connectivity index (χ0v) is 12.5. The number of hydrogen-bond acceptors (Lipinski definition) is 3. The second-order valence-corrected chi connectivity index (χ2v) is 6.41. The van der Waals surface area contributed by atoms with E-state index in [1.165, 1.54) is 5.56 Å². The van der Waals surface area contributed by atoms with Crippen molar-refractivity contribution in [3.63, 3.8) is 0 Å². The molecule has 0 saturated carbocycles. The van der Waals surface area contributed by atoms with Crippen molar-refractivity contribution in [2.45, 2.75) is 30.9 Å². The van der Waals surface area contributed by atoms with Gasteiger partial charge in [0, 0.05) is 31.4 Å². The summed E-state index contributed by atoms with van der Waals surface area (Å²) < 4.78 is 0. The zero-order chi connectivity index (χ0) is 13.7. The summed E-state index contributed by atoms with van der Waals surface area (Å²) in [6, 6.07) is 10.7. The molecule has 1 N–H and O–H groups in total. The van der Waals surface area contributed by atoms with Gasteiger partial charge < -0.3 is 10.2 Å². The molecule has 1 heterocycles. The SMILES string of the molecule is CC1CN(C(=O)C(C)SCc2ccccc2)CCN1. The molecule has 2 atom stereocenters. The average Bonchev–Trinajstić information content (AvgIpc) is 2.45. The lowest BCUT2D eigenvalue weighted by atomic mass is 10.2. The number of carbonyl (C=O) groups excluding carboxylic acids is 1. The summed E-state index contributed by atoms with van der Waals surface area (Å²) in [5.74, 6) is 1.17. The van der Waals surface area contributed by atoms with Crippen molar-refractivity contribution in [3.05, 3.63) is 35.9 Å². The lowest BCUT2D eigenvalue weighted by Crippen LogP contribution is -2.53. The van der Waals surface area contributed by atoms with Crippen molar-refractivity contribution in [2.75, 3.05) is 19.6 Å². The first-order chi connectivity index (χ1) is 9.16. The fourth-order valence-electron chi connectivity index (χ4n) is 2.26. The van der Waals surface area contributed by atoms with E-state index in [2.05, 4.69) is 24.4 Å². The van der Waals surface area contributed by atoms with Crippen LogP contribution in [0.4, 0.5) is 0 Å². The van der Waals surface area contributed by atoms with Gasteiger partial charge in [-0.15, -0.1) is 11.8 Å². The molecule has 3 nitrogen and oxygen atoms in total. The highest BCUT2D eigenvalue weighted by atomic mass is 32.2. The predicted molar refractivity (Wildman–Crippen MR) is 81.2 cm³/mol. The topological polar surface area (TPSA) is 32.3 Å². The van der Waals surface area contributed by atoms with Crippen molar-refractivity contribution >= 4 is 17.7 Å². The Kier molecular flexibility index (Phi) is 5.28. The second-order valence-electron chi connectivity index (χ2n) is 5.08. The molecule has 1 aromatic carbocycles. The van der Waals surface area contributed by atoms with Crippen LogP contribution in [-0.4, -0.2) is 41.7 Å². The molecule has 19 heavy (non-hydrogen) atoms. The van der Waals surface area contributed by atoms with Crippen LogP contribution in [0.2, 0.25) is 0 Å². The Balaban J connectivity index is 1.82. The van der Waals surface area contributed by atoms with Crippen molar-refractivity contribution in [3.8, 4) is 0 Å². The Hall–Kier alpha value is -1.00. The van der Waals surface area contributed by atoms with Gasteiger partial charge in [-0.25, -0.2) is 0 Å². The number of nitrogens with one attached hydrogen (secondary N) is 1. The van der Waals surface area contributed by atoms with Crippen LogP contribution >= 0.6 is 11.8 Å². The number of rotatable bonds is 4. The largest absolute Gasteiger partial charge is 0.339 e. The third kappa shape index (κ3) is 4.25. The molecule has 1 aromatic rings. The molecule has 0 spiro atoms. The van der Waals surface area contributed by atoms with Crippen molar-refractivity contribution < 1.29 is 4.79 Å². The van der Waals surface area contributed by atoms with E-state index < -0.39 is 0 Å².